The normalized spacial score (nSPS) is 11.7. The third kappa shape index (κ3) is 2.39. The molecule has 3 nitrogen and oxygen atoms in total. The van der Waals surface area contributed by atoms with E-state index in [1.165, 1.54) is 22.3 Å². The van der Waals surface area contributed by atoms with Gasteiger partial charge in [-0.05, 0) is 47.7 Å². The molecule has 0 spiro atoms. The molecule has 0 atom stereocenters. The maximum Gasteiger partial charge on any atom is 0.325 e. The van der Waals surface area contributed by atoms with Crippen LogP contribution in [0.3, 0.4) is 0 Å². The minimum atomic E-state index is -0.226. The molecule has 1 aliphatic rings. The van der Waals surface area contributed by atoms with Crippen LogP contribution in [0.25, 0.3) is 11.1 Å². The highest BCUT2D eigenvalue weighted by molar-refractivity contribution is 5.80. The molecule has 0 saturated heterocycles. The number of carbonyl (C=O) groups is 1. The van der Waals surface area contributed by atoms with Gasteiger partial charge < -0.3 is 10.1 Å². The molecule has 0 heterocycles. The number of carbonyl (C=O) groups excluding carboxylic acids is 1. The molecule has 0 radical (unpaired) electrons. The molecule has 20 heavy (non-hydrogen) atoms. The number of hydrogen-bond acceptors (Lipinski definition) is 3. The summed E-state index contributed by atoms with van der Waals surface area (Å²) in [5, 5.41) is 3.11. The van der Waals surface area contributed by atoms with Crippen LogP contribution in [0.5, 0.6) is 0 Å². The summed E-state index contributed by atoms with van der Waals surface area (Å²) in [7, 11) is 0. The van der Waals surface area contributed by atoms with E-state index in [4.69, 9.17) is 4.74 Å². The van der Waals surface area contributed by atoms with Crippen molar-refractivity contribution in [2.24, 2.45) is 0 Å². The predicted molar refractivity (Wildman–Crippen MR) is 79.8 cm³/mol. The Hall–Kier alpha value is -2.29. The quantitative estimate of drug-likeness (QED) is 0.737. The number of nitrogens with one attached hydrogen (secondary N) is 1. The monoisotopic (exact) mass is 267 g/mol. The fourth-order valence-corrected chi connectivity index (χ4v) is 2.64. The number of fused-ring (bicyclic) bond motifs is 3. The van der Waals surface area contributed by atoms with Crippen LogP contribution in [0.1, 0.15) is 18.1 Å². The van der Waals surface area contributed by atoms with Crippen LogP contribution in [0.15, 0.2) is 42.5 Å². The summed E-state index contributed by atoms with van der Waals surface area (Å²) in [4.78, 5) is 11.3. The summed E-state index contributed by atoms with van der Waals surface area (Å²) in [6.07, 6.45) is 0.959. The van der Waals surface area contributed by atoms with Crippen molar-refractivity contribution in [2.45, 2.75) is 13.3 Å². The van der Waals surface area contributed by atoms with Crippen LogP contribution in [0, 0.1) is 0 Å². The van der Waals surface area contributed by atoms with Gasteiger partial charge in [0.1, 0.15) is 6.54 Å². The Labute approximate surface area is 118 Å². The molecule has 0 aliphatic heterocycles. The Morgan fingerprint density at radius 1 is 1.15 bits per heavy atom. The molecule has 2 aromatic carbocycles. The molecule has 1 aliphatic carbocycles. The highest BCUT2D eigenvalue weighted by atomic mass is 16.5. The van der Waals surface area contributed by atoms with Crippen LogP contribution in [-0.4, -0.2) is 19.1 Å². The second-order valence-electron chi connectivity index (χ2n) is 4.86. The van der Waals surface area contributed by atoms with Crippen molar-refractivity contribution < 1.29 is 9.53 Å². The fraction of sp³-hybridized carbons (Fsp3) is 0.235. The second-order valence-corrected chi connectivity index (χ2v) is 4.86. The van der Waals surface area contributed by atoms with Gasteiger partial charge in [0.05, 0.1) is 6.61 Å². The van der Waals surface area contributed by atoms with Crippen LogP contribution in [0.2, 0.25) is 0 Å². The zero-order valence-electron chi connectivity index (χ0n) is 11.5. The average molecular weight is 267 g/mol. The Morgan fingerprint density at radius 3 is 2.80 bits per heavy atom. The lowest BCUT2D eigenvalue weighted by atomic mass is 10.1. The van der Waals surface area contributed by atoms with Crippen molar-refractivity contribution in [1.29, 1.82) is 0 Å². The predicted octanol–water partition coefficient (Wildman–Crippen LogP) is 3.23. The van der Waals surface area contributed by atoms with Crippen molar-refractivity contribution in [3.05, 3.63) is 53.6 Å². The lowest BCUT2D eigenvalue weighted by Crippen LogP contribution is -2.16. The summed E-state index contributed by atoms with van der Waals surface area (Å²) in [6.45, 7) is 2.43. The van der Waals surface area contributed by atoms with E-state index in [-0.39, 0.29) is 12.5 Å². The van der Waals surface area contributed by atoms with Crippen LogP contribution in [-0.2, 0) is 16.0 Å². The summed E-state index contributed by atoms with van der Waals surface area (Å²) < 4.78 is 4.91. The van der Waals surface area contributed by atoms with Gasteiger partial charge in [-0.1, -0.05) is 30.3 Å². The van der Waals surface area contributed by atoms with Gasteiger partial charge in [-0.2, -0.15) is 0 Å². The fourth-order valence-electron chi connectivity index (χ4n) is 2.64. The van der Waals surface area contributed by atoms with E-state index in [9.17, 15) is 4.79 Å². The maximum absolute atomic E-state index is 11.3. The van der Waals surface area contributed by atoms with Crippen LogP contribution < -0.4 is 5.32 Å². The van der Waals surface area contributed by atoms with Crippen molar-refractivity contribution in [3.63, 3.8) is 0 Å². The Morgan fingerprint density at radius 2 is 1.95 bits per heavy atom. The third-order valence-corrected chi connectivity index (χ3v) is 3.54. The van der Waals surface area contributed by atoms with Gasteiger partial charge in [-0.25, -0.2) is 0 Å². The Bertz CT molecular complexity index is 649. The van der Waals surface area contributed by atoms with E-state index in [0.29, 0.717) is 6.61 Å². The van der Waals surface area contributed by atoms with E-state index in [0.717, 1.165) is 12.1 Å². The van der Waals surface area contributed by atoms with Crippen molar-refractivity contribution in [2.75, 3.05) is 18.5 Å². The SMILES string of the molecule is CCOC(=O)CNc1ccc2c(c1)Cc1ccccc1-2. The topological polar surface area (TPSA) is 38.3 Å². The molecule has 3 heteroatoms. The molecule has 0 unspecified atom stereocenters. The Balaban J connectivity index is 1.76. The zero-order chi connectivity index (χ0) is 13.9. The lowest BCUT2D eigenvalue weighted by molar-refractivity contribution is -0.140. The molecule has 102 valence electrons. The number of benzene rings is 2. The van der Waals surface area contributed by atoms with Gasteiger partial charge in [-0.3, -0.25) is 4.79 Å². The second kappa shape index (κ2) is 5.37. The molecule has 2 aromatic rings. The number of hydrogen-bond donors (Lipinski definition) is 1. The number of ether oxygens (including phenoxy) is 1. The molecule has 0 fully saturated rings. The van der Waals surface area contributed by atoms with Crippen molar-refractivity contribution in [3.8, 4) is 11.1 Å². The minimum absolute atomic E-state index is 0.208. The van der Waals surface area contributed by atoms with Gasteiger partial charge in [0.25, 0.3) is 0 Å². The summed E-state index contributed by atoms with van der Waals surface area (Å²) in [5.41, 5.74) is 6.25. The van der Waals surface area contributed by atoms with Crippen molar-refractivity contribution >= 4 is 11.7 Å². The first kappa shape index (κ1) is 12.7. The third-order valence-electron chi connectivity index (χ3n) is 3.54. The lowest BCUT2D eigenvalue weighted by Gasteiger charge is -2.08. The first-order valence-corrected chi connectivity index (χ1v) is 6.88. The van der Waals surface area contributed by atoms with Crippen LogP contribution >= 0.6 is 0 Å². The van der Waals surface area contributed by atoms with Gasteiger partial charge >= 0.3 is 5.97 Å². The van der Waals surface area contributed by atoms with Gasteiger partial charge in [-0.15, -0.1) is 0 Å². The van der Waals surface area contributed by atoms with Crippen molar-refractivity contribution in [1.82, 2.24) is 0 Å². The summed E-state index contributed by atoms with van der Waals surface area (Å²) >= 11 is 0. The van der Waals surface area contributed by atoms with E-state index < -0.39 is 0 Å². The summed E-state index contributed by atoms with van der Waals surface area (Å²) in [6, 6.07) is 14.7. The maximum atomic E-state index is 11.3. The van der Waals surface area contributed by atoms with E-state index in [1.807, 2.05) is 13.0 Å². The first-order valence-electron chi connectivity index (χ1n) is 6.88. The number of esters is 1. The van der Waals surface area contributed by atoms with E-state index in [1.54, 1.807) is 0 Å². The molecule has 3 rings (SSSR count). The molecule has 1 N–H and O–H groups in total. The highest BCUT2D eigenvalue weighted by Crippen LogP contribution is 2.37. The standard InChI is InChI=1S/C17H17NO2/c1-2-20-17(19)11-18-14-7-8-16-13(10-14)9-12-5-3-4-6-15(12)16/h3-8,10,18H,2,9,11H2,1H3. The largest absolute Gasteiger partial charge is 0.465 e. The molecular weight excluding hydrogens is 250 g/mol. The van der Waals surface area contributed by atoms with E-state index in [2.05, 4.69) is 41.7 Å². The zero-order valence-corrected chi connectivity index (χ0v) is 11.5. The smallest absolute Gasteiger partial charge is 0.325 e. The number of rotatable bonds is 4. The number of anilines is 1. The minimum Gasteiger partial charge on any atom is -0.465 e. The van der Waals surface area contributed by atoms with Gasteiger partial charge in [0.2, 0.25) is 0 Å². The molecule has 0 aromatic heterocycles. The first-order chi connectivity index (χ1) is 9.78. The van der Waals surface area contributed by atoms with E-state index >= 15 is 0 Å². The highest BCUT2D eigenvalue weighted by Gasteiger charge is 2.17. The summed E-state index contributed by atoms with van der Waals surface area (Å²) in [5.74, 6) is -0.226. The molecular formula is C17H17NO2. The van der Waals surface area contributed by atoms with Crippen LogP contribution in [0.4, 0.5) is 5.69 Å². The molecule has 0 saturated carbocycles. The van der Waals surface area contributed by atoms with Gasteiger partial charge in [0, 0.05) is 5.69 Å². The molecule has 0 amide bonds. The molecule has 0 bridgehead atoms. The van der Waals surface area contributed by atoms with Gasteiger partial charge in [0.15, 0.2) is 0 Å². The average Bonchev–Trinajstić information content (AvgIpc) is 2.83. The Kier molecular flexibility index (Phi) is 3.42.